The standard InChI is InChI=1S/C29H32Cl2FN3O4S/c1-4-20(3)33-29(37)27(5-2)34(18-21-11-13-22(30)14-12-21)28(36)19-35(23-15-16-26(32)25(31)17-23)40(38,39)24-9-7-6-8-10-24/h6-17,20,27H,4-5,18-19H2,1-3H3,(H,33,37)/t20-,27-/m0/s1. The number of carbonyl (C=O) groups excluding carboxylic acids is 2. The summed E-state index contributed by atoms with van der Waals surface area (Å²) in [6.45, 7) is 4.96. The number of nitrogens with one attached hydrogen (secondary N) is 1. The van der Waals surface area contributed by atoms with E-state index in [4.69, 9.17) is 23.2 Å². The lowest BCUT2D eigenvalue weighted by atomic mass is 10.1. The quantitative estimate of drug-likeness (QED) is 0.271. The van der Waals surface area contributed by atoms with Crippen molar-refractivity contribution >= 4 is 50.7 Å². The molecule has 2 amide bonds. The maximum Gasteiger partial charge on any atom is 0.264 e. The van der Waals surface area contributed by atoms with Gasteiger partial charge in [-0.05, 0) is 67.8 Å². The minimum Gasteiger partial charge on any atom is -0.352 e. The summed E-state index contributed by atoms with van der Waals surface area (Å²) >= 11 is 12.0. The summed E-state index contributed by atoms with van der Waals surface area (Å²) in [6, 6.07) is 16.8. The van der Waals surface area contributed by atoms with Crippen molar-refractivity contribution in [2.24, 2.45) is 0 Å². The fourth-order valence-electron chi connectivity index (χ4n) is 4.04. The van der Waals surface area contributed by atoms with Crippen molar-refractivity contribution in [1.29, 1.82) is 0 Å². The zero-order valence-electron chi connectivity index (χ0n) is 22.5. The summed E-state index contributed by atoms with van der Waals surface area (Å²) in [5.74, 6) is -1.70. The molecule has 0 aliphatic rings. The number of hydrogen-bond acceptors (Lipinski definition) is 4. The third-order valence-corrected chi connectivity index (χ3v) is 8.78. The largest absolute Gasteiger partial charge is 0.352 e. The molecule has 0 bridgehead atoms. The van der Waals surface area contributed by atoms with Gasteiger partial charge in [-0.2, -0.15) is 0 Å². The number of sulfonamides is 1. The molecule has 3 rings (SSSR count). The average Bonchev–Trinajstić information content (AvgIpc) is 2.94. The monoisotopic (exact) mass is 607 g/mol. The SMILES string of the molecule is CC[C@H](C)NC(=O)[C@H](CC)N(Cc1ccc(Cl)cc1)C(=O)CN(c1ccc(F)c(Cl)c1)S(=O)(=O)c1ccccc1. The maximum atomic E-state index is 14.0. The molecule has 1 N–H and O–H groups in total. The molecule has 0 unspecified atom stereocenters. The van der Waals surface area contributed by atoms with Gasteiger partial charge in [0, 0.05) is 17.6 Å². The number of carbonyl (C=O) groups is 2. The smallest absolute Gasteiger partial charge is 0.264 e. The first-order valence-electron chi connectivity index (χ1n) is 12.8. The van der Waals surface area contributed by atoms with Crippen LogP contribution in [0.4, 0.5) is 10.1 Å². The highest BCUT2D eigenvalue weighted by molar-refractivity contribution is 7.92. The van der Waals surface area contributed by atoms with Crippen molar-refractivity contribution in [2.45, 2.75) is 57.1 Å². The Kier molecular flexibility index (Phi) is 11.0. The van der Waals surface area contributed by atoms with E-state index in [0.29, 0.717) is 17.0 Å². The number of benzene rings is 3. The molecule has 40 heavy (non-hydrogen) atoms. The third-order valence-electron chi connectivity index (χ3n) is 6.45. The third kappa shape index (κ3) is 7.74. The fourth-order valence-corrected chi connectivity index (χ4v) is 5.76. The Morgan fingerprint density at radius 1 is 0.950 bits per heavy atom. The second kappa shape index (κ2) is 14.0. The van der Waals surface area contributed by atoms with Crippen LogP contribution in [0.5, 0.6) is 0 Å². The maximum absolute atomic E-state index is 14.0. The zero-order valence-corrected chi connectivity index (χ0v) is 24.8. The Labute approximate surface area is 244 Å². The van der Waals surface area contributed by atoms with Gasteiger partial charge in [0.25, 0.3) is 10.0 Å². The summed E-state index contributed by atoms with van der Waals surface area (Å²) in [7, 11) is -4.28. The summed E-state index contributed by atoms with van der Waals surface area (Å²) < 4.78 is 42.4. The van der Waals surface area contributed by atoms with Crippen molar-refractivity contribution in [1.82, 2.24) is 10.2 Å². The molecule has 7 nitrogen and oxygen atoms in total. The highest BCUT2D eigenvalue weighted by Crippen LogP contribution is 2.28. The van der Waals surface area contributed by atoms with Crippen molar-refractivity contribution in [3.63, 3.8) is 0 Å². The molecule has 0 saturated heterocycles. The minimum absolute atomic E-state index is 0.00662. The van der Waals surface area contributed by atoms with E-state index < -0.39 is 34.3 Å². The molecule has 0 aliphatic carbocycles. The van der Waals surface area contributed by atoms with Gasteiger partial charge in [0.05, 0.1) is 15.6 Å². The molecule has 0 spiro atoms. The highest BCUT2D eigenvalue weighted by Gasteiger charge is 2.34. The summed E-state index contributed by atoms with van der Waals surface area (Å²) in [4.78, 5) is 28.6. The van der Waals surface area contributed by atoms with Crippen molar-refractivity contribution in [2.75, 3.05) is 10.8 Å². The minimum atomic E-state index is -4.28. The van der Waals surface area contributed by atoms with Gasteiger partial charge in [0.2, 0.25) is 11.8 Å². The molecule has 3 aromatic rings. The Morgan fingerprint density at radius 2 is 1.60 bits per heavy atom. The molecule has 11 heteroatoms. The molecule has 0 radical (unpaired) electrons. The first-order chi connectivity index (χ1) is 19.0. The van der Waals surface area contributed by atoms with Gasteiger partial charge in [-0.3, -0.25) is 13.9 Å². The van der Waals surface area contributed by atoms with Crippen LogP contribution >= 0.6 is 23.2 Å². The molecule has 0 aliphatic heterocycles. The van der Waals surface area contributed by atoms with Gasteiger partial charge in [-0.25, -0.2) is 12.8 Å². The van der Waals surface area contributed by atoms with E-state index in [-0.39, 0.29) is 40.5 Å². The van der Waals surface area contributed by atoms with Gasteiger partial charge >= 0.3 is 0 Å². The van der Waals surface area contributed by atoms with Crippen LogP contribution in [0, 0.1) is 5.82 Å². The van der Waals surface area contributed by atoms with Crippen molar-refractivity contribution in [3.8, 4) is 0 Å². The average molecular weight is 609 g/mol. The van der Waals surface area contributed by atoms with Gasteiger partial charge in [0.15, 0.2) is 0 Å². The predicted octanol–water partition coefficient (Wildman–Crippen LogP) is 6.05. The van der Waals surface area contributed by atoms with E-state index in [1.165, 1.54) is 23.1 Å². The van der Waals surface area contributed by atoms with Gasteiger partial charge in [-0.15, -0.1) is 0 Å². The van der Waals surface area contributed by atoms with E-state index in [0.717, 1.165) is 16.4 Å². The van der Waals surface area contributed by atoms with Crippen LogP contribution in [0.25, 0.3) is 0 Å². The number of halogens is 3. The van der Waals surface area contributed by atoms with E-state index in [9.17, 15) is 22.4 Å². The predicted molar refractivity (Wildman–Crippen MR) is 156 cm³/mol. The first-order valence-corrected chi connectivity index (χ1v) is 15.0. The van der Waals surface area contributed by atoms with Crippen molar-refractivity contribution in [3.05, 3.63) is 94.2 Å². The molecular weight excluding hydrogens is 576 g/mol. The molecule has 214 valence electrons. The lowest BCUT2D eigenvalue weighted by Gasteiger charge is -2.33. The number of hydrogen-bond donors (Lipinski definition) is 1. The van der Waals surface area contributed by atoms with Crippen LogP contribution in [0.1, 0.15) is 39.2 Å². The molecule has 0 aromatic heterocycles. The normalized spacial score (nSPS) is 12.8. The number of amides is 2. The van der Waals surface area contributed by atoms with Crippen LogP contribution in [0.2, 0.25) is 10.0 Å². The van der Waals surface area contributed by atoms with Crippen LogP contribution in [0.15, 0.2) is 77.7 Å². The molecular formula is C29H32Cl2FN3O4S. The number of rotatable bonds is 12. The Morgan fingerprint density at radius 3 is 2.17 bits per heavy atom. The van der Waals surface area contributed by atoms with E-state index in [1.807, 2.05) is 13.8 Å². The summed E-state index contributed by atoms with van der Waals surface area (Å²) in [6.07, 6.45) is 0.983. The molecule has 0 saturated carbocycles. The van der Waals surface area contributed by atoms with E-state index in [2.05, 4.69) is 5.32 Å². The van der Waals surface area contributed by atoms with Crippen LogP contribution < -0.4 is 9.62 Å². The number of nitrogens with zero attached hydrogens (tertiary/aromatic N) is 2. The number of anilines is 1. The molecule has 2 atom stereocenters. The topological polar surface area (TPSA) is 86.8 Å². The molecule has 0 fully saturated rings. The first kappa shape index (κ1) is 31.4. The highest BCUT2D eigenvalue weighted by atomic mass is 35.5. The van der Waals surface area contributed by atoms with Gasteiger partial charge in [0.1, 0.15) is 18.4 Å². The second-order valence-corrected chi connectivity index (χ2v) is 12.0. The Hall–Kier alpha value is -3.14. The lowest BCUT2D eigenvalue weighted by molar-refractivity contribution is -0.140. The van der Waals surface area contributed by atoms with E-state index >= 15 is 0 Å². The lowest BCUT2D eigenvalue weighted by Crippen LogP contribution is -2.53. The van der Waals surface area contributed by atoms with Crippen molar-refractivity contribution < 1.29 is 22.4 Å². The van der Waals surface area contributed by atoms with Crippen LogP contribution in [-0.4, -0.2) is 43.8 Å². The molecule has 0 heterocycles. The Bertz CT molecular complexity index is 1420. The summed E-state index contributed by atoms with van der Waals surface area (Å²) in [5, 5.41) is 3.14. The van der Waals surface area contributed by atoms with Crippen LogP contribution in [0.3, 0.4) is 0 Å². The molecule has 3 aromatic carbocycles. The zero-order chi connectivity index (χ0) is 29.4. The van der Waals surface area contributed by atoms with Gasteiger partial charge < -0.3 is 10.2 Å². The second-order valence-electron chi connectivity index (χ2n) is 9.31. The van der Waals surface area contributed by atoms with Gasteiger partial charge in [-0.1, -0.05) is 67.4 Å². The fraction of sp³-hybridized carbons (Fsp3) is 0.310. The van der Waals surface area contributed by atoms with E-state index in [1.54, 1.807) is 49.4 Å². The summed E-state index contributed by atoms with van der Waals surface area (Å²) in [5.41, 5.74) is 0.710. The van der Waals surface area contributed by atoms with Crippen LogP contribution in [-0.2, 0) is 26.2 Å². The Balaban J connectivity index is 2.06.